The van der Waals surface area contributed by atoms with Crippen LogP contribution in [0.3, 0.4) is 0 Å². The van der Waals surface area contributed by atoms with E-state index in [2.05, 4.69) is 48.5 Å². The van der Waals surface area contributed by atoms with Crippen molar-refractivity contribution in [1.29, 1.82) is 0 Å². The first-order valence-electron chi connectivity index (χ1n) is 12.2. The molecule has 0 aliphatic rings. The van der Waals surface area contributed by atoms with Crippen LogP contribution in [-0.4, -0.2) is 46.2 Å². The highest BCUT2D eigenvalue weighted by Crippen LogP contribution is 2.32. The summed E-state index contributed by atoms with van der Waals surface area (Å²) in [5.74, 6) is 2.23. The lowest BCUT2D eigenvalue weighted by Gasteiger charge is -2.31. The molecule has 2 rings (SSSR count). The Balaban J connectivity index is 1.89. The molecule has 35 heavy (non-hydrogen) atoms. The molecule has 2 aromatic rings. The van der Waals surface area contributed by atoms with Crippen molar-refractivity contribution >= 4 is 0 Å². The molecule has 0 saturated heterocycles. The van der Waals surface area contributed by atoms with E-state index in [9.17, 15) is 0 Å². The van der Waals surface area contributed by atoms with Gasteiger partial charge >= 0.3 is 0 Å². The molecule has 196 valence electrons. The smallest absolute Gasteiger partial charge is 0.127 e. The zero-order valence-corrected chi connectivity index (χ0v) is 23.1. The van der Waals surface area contributed by atoms with Crippen LogP contribution in [0.4, 0.5) is 0 Å². The summed E-state index contributed by atoms with van der Waals surface area (Å²) in [7, 11) is 3.26. The summed E-state index contributed by atoms with van der Waals surface area (Å²) in [5, 5.41) is 0. The molecule has 2 aromatic carbocycles. The molecule has 0 aliphatic heterocycles. The topological polar surface area (TPSA) is 72.2 Å². The molecule has 0 fully saturated rings. The van der Waals surface area contributed by atoms with Gasteiger partial charge in [-0.05, 0) is 50.6 Å². The maximum Gasteiger partial charge on any atom is 0.127 e. The second-order valence-corrected chi connectivity index (χ2v) is 11.7. The molecular formula is C29H45NO5. The Morgan fingerprint density at radius 1 is 0.714 bits per heavy atom. The first kappa shape index (κ1) is 29.0. The van der Waals surface area contributed by atoms with E-state index in [1.54, 1.807) is 14.2 Å². The molecule has 0 spiro atoms. The monoisotopic (exact) mass is 487 g/mol. The van der Waals surface area contributed by atoms with Crippen molar-refractivity contribution in [3.05, 3.63) is 53.6 Å². The maximum absolute atomic E-state index is 6.53. The third-order valence-electron chi connectivity index (χ3n) is 5.53. The van der Waals surface area contributed by atoms with Crippen LogP contribution in [0.2, 0.25) is 0 Å². The van der Waals surface area contributed by atoms with Crippen LogP contribution in [0.25, 0.3) is 0 Å². The quantitative estimate of drug-likeness (QED) is 0.373. The van der Waals surface area contributed by atoms with E-state index in [-0.39, 0.29) is 22.5 Å². The van der Waals surface area contributed by atoms with Crippen LogP contribution in [-0.2, 0) is 9.47 Å². The summed E-state index contributed by atoms with van der Waals surface area (Å²) in [6.45, 7) is 17.3. The summed E-state index contributed by atoms with van der Waals surface area (Å²) in [6, 6.07) is 13.2. The molecule has 0 bridgehead atoms. The number of hydrogen-bond donors (Lipinski definition) is 1. The van der Waals surface area contributed by atoms with Gasteiger partial charge in [0.05, 0.1) is 52.3 Å². The lowest BCUT2D eigenvalue weighted by Crippen LogP contribution is -2.34. The Bertz CT molecular complexity index is 916. The van der Waals surface area contributed by atoms with Crippen molar-refractivity contribution in [1.82, 2.24) is 0 Å². The van der Waals surface area contributed by atoms with E-state index in [1.807, 2.05) is 42.5 Å². The molecule has 6 heteroatoms. The van der Waals surface area contributed by atoms with Gasteiger partial charge < -0.3 is 29.4 Å². The lowest BCUT2D eigenvalue weighted by molar-refractivity contribution is -0.0763. The predicted octanol–water partition coefficient (Wildman–Crippen LogP) is 6.01. The Morgan fingerprint density at radius 3 is 1.83 bits per heavy atom. The van der Waals surface area contributed by atoms with Crippen LogP contribution in [0.5, 0.6) is 17.2 Å². The molecule has 1 atom stereocenters. The minimum Gasteiger partial charge on any atom is -0.497 e. The minimum atomic E-state index is -0.319. The lowest BCUT2D eigenvalue weighted by atomic mass is 9.94. The van der Waals surface area contributed by atoms with Crippen molar-refractivity contribution in [2.45, 2.75) is 60.1 Å². The van der Waals surface area contributed by atoms with Crippen LogP contribution in [0, 0.1) is 10.8 Å². The maximum atomic E-state index is 6.53. The van der Waals surface area contributed by atoms with Gasteiger partial charge in [0.2, 0.25) is 0 Å². The Morgan fingerprint density at radius 2 is 1.29 bits per heavy atom. The van der Waals surface area contributed by atoms with E-state index >= 15 is 0 Å². The third kappa shape index (κ3) is 9.71. The van der Waals surface area contributed by atoms with Gasteiger partial charge in [-0.2, -0.15) is 0 Å². The highest BCUT2D eigenvalue weighted by molar-refractivity contribution is 5.46. The highest BCUT2D eigenvalue weighted by Gasteiger charge is 2.25. The third-order valence-corrected chi connectivity index (χ3v) is 5.53. The largest absolute Gasteiger partial charge is 0.497 e. The van der Waals surface area contributed by atoms with Crippen LogP contribution in [0.15, 0.2) is 42.5 Å². The predicted molar refractivity (Wildman–Crippen MR) is 142 cm³/mol. The zero-order valence-electron chi connectivity index (χ0n) is 23.1. The van der Waals surface area contributed by atoms with Gasteiger partial charge in [0.15, 0.2) is 0 Å². The van der Waals surface area contributed by atoms with Crippen LogP contribution >= 0.6 is 0 Å². The van der Waals surface area contributed by atoms with Gasteiger partial charge in [-0.15, -0.1) is 0 Å². The molecule has 1 unspecified atom stereocenters. The average molecular weight is 488 g/mol. The summed E-state index contributed by atoms with van der Waals surface area (Å²) in [4.78, 5) is 0. The van der Waals surface area contributed by atoms with E-state index in [4.69, 9.17) is 29.4 Å². The van der Waals surface area contributed by atoms with Gasteiger partial charge in [-0.25, -0.2) is 0 Å². The van der Waals surface area contributed by atoms with Gasteiger partial charge in [0.1, 0.15) is 17.2 Å². The second-order valence-electron chi connectivity index (χ2n) is 11.7. The first-order chi connectivity index (χ1) is 16.3. The van der Waals surface area contributed by atoms with Gasteiger partial charge in [-0.1, -0.05) is 39.8 Å². The normalized spacial score (nSPS) is 13.4. The standard InChI is InChI=1S/C29H45NO5/c1-27(2,3)35-20-29(6,7)18-33-17-28(4,5)19-34-22-12-10-21(11-13-22)26(30)24-15-14-23(31-8)16-25(24)32-9/h10-16,26H,17-20,30H2,1-9H3. The molecule has 0 radical (unpaired) electrons. The minimum absolute atomic E-state index is 0.0502. The highest BCUT2D eigenvalue weighted by atomic mass is 16.5. The second kappa shape index (κ2) is 12.1. The van der Waals surface area contributed by atoms with E-state index in [1.165, 1.54) is 0 Å². The number of methoxy groups -OCH3 is 2. The summed E-state index contributed by atoms with van der Waals surface area (Å²) < 4.78 is 28.9. The number of rotatable bonds is 13. The average Bonchev–Trinajstić information content (AvgIpc) is 2.80. The van der Waals surface area contributed by atoms with Crippen LogP contribution in [0.1, 0.15) is 65.6 Å². The number of nitrogens with two attached hydrogens (primary N) is 1. The molecule has 2 N–H and O–H groups in total. The van der Waals surface area contributed by atoms with Crippen molar-refractivity contribution in [3.63, 3.8) is 0 Å². The van der Waals surface area contributed by atoms with Crippen molar-refractivity contribution in [2.24, 2.45) is 16.6 Å². The Kier molecular flexibility index (Phi) is 10.0. The SMILES string of the molecule is COc1ccc(C(N)c2ccc(OCC(C)(C)COCC(C)(C)COC(C)(C)C)cc2)c(OC)c1. The van der Waals surface area contributed by atoms with Crippen molar-refractivity contribution in [3.8, 4) is 17.2 Å². The first-order valence-corrected chi connectivity index (χ1v) is 12.2. The van der Waals surface area contributed by atoms with E-state index < -0.39 is 0 Å². The zero-order chi connectivity index (χ0) is 26.3. The Hall–Kier alpha value is -2.28. The molecule has 0 aromatic heterocycles. The molecule has 0 aliphatic carbocycles. The van der Waals surface area contributed by atoms with Gasteiger partial charge in [0.25, 0.3) is 0 Å². The molecule has 0 amide bonds. The van der Waals surface area contributed by atoms with Crippen molar-refractivity contribution < 1.29 is 23.7 Å². The van der Waals surface area contributed by atoms with Gasteiger partial charge in [-0.3, -0.25) is 0 Å². The van der Waals surface area contributed by atoms with Crippen LogP contribution < -0.4 is 19.9 Å². The summed E-state index contributed by atoms with van der Waals surface area (Å²) >= 11 is 0. The fourth-order valence-corrected chi connectivity index (χ4v) is 3.40. The number of benzene rings is 2. The fourth-order valence-electron chi connectivity index (χ4n) is 3.40. The van der Waals surface area contributed by atoms with Gasteiger partial charge in [0, 0.05) is 22.5 Å². The van der Waals surface area contributed by atoms with E-state index in [0.717, 1.165) is 22.6 Å². The summed E-state index contributed by atoms with van der Waals surface area (Å²) in [5.41, 5.74) is 8.07. The van der Waals surface area contributed by atoms with Crippen molar-refractivity contribution in [2.75, 3.05) is 40.6 Å². The molecule has 0 heterocycles. The molecule has 6 nitrogen and oxygen atoms in total. The van der Waals surface area contributed by atoms with E-state index in [0.29, 0.717) is 32.2 Å². The fraction of sp³-hybridized carbons (Fsp3) is 0.586. The summed E-state index contributed by atoms with van der Waals surface area (Å²) in [6.07, 6.45) is 0. The molecule has 0 saturated carbocycles. The Labute approximate surface area is 212 Å². The number of hydrogen-bond acceptors (Lipinski definition) is 6. The molecular weight excluding hydrogens is 442 g/mol. The number of ether oxygens (including phenoxy) is 5.